The quantitative estimate of drug-likeness (QED) is 0.720. The lowest BCUT2D eigenvalue weighted by Gasteiger charge is -2.18. The van der Waals surface area contributed by atoms with E-state index >= 15 is 0 Å². The Morgan fingerprint density at radius 2 is 1.83 bits per heavy atom. The van der Waals surface area contributed by atoms with E-state index in [9.17, 15) is 14.7 Å². The summed E-state index contributed by atoms with van der Waals surface area (Å²) >= 11 is 5.84. The number of nitrogens with one attached hydrogen (secondary N) is 2. The van der Waals surface area contributed by atoms with E-state index in [4.69, 9.17) is 11.6 Å². The summed E-state index contributed by atoms with van der Waals surface area (Å²) < 4.78 is 0. The monoisotopic (exact) mass is 346 g/mol. The molecule has 0 aliphatic rings. The first-order chi connectivity index (χ1) is 11.6. The predicted molar refractivity (Wildman–Crippen MR) is 92.8 cm³/mol. The van der Waals surface area contributed by atoms with Gasteiger partial charge in [-0.05, 0) is 30.2 Å². The molecular weight excluding hydrogens is 328 g/mol. The average molecular weight is 347 g/mol. The van der Waals surface area contributed by atoms with Crippen LogP contribution < -0.4 is 10.6 Å². The van der Waals surface area contributed by atoms with Gasteiger partial charge < -0.3 is 15.7 Å². The van der Waals surface area contributed by atoms with Crippen LogP contribution in [0, 0.1) is 0 Å². The molecule has 0 bridgehead atoms. The lowest BCUT2D eigenvalue weighted by Crippen LogP contribution is -2.39. The van der Waals surface area contributed by atoms with E-state index < -0.39 is 0 Å². The highest BCUT2D eigenvalue weighted by Gasteiger charge is 2.15. The van der Waals surface area contributed by atoms with Crippen LogP contribution in [-0.4, -0.2) is 30.1 Å². The van der Waals surface area contributed by atoms with E-state index in [-0.39, 0.29) is 31.0 Å². The van der Waals surface area contributed by atoms with Gasteiger partial charge in [-0.3, -0.25) is 9.59 Å². The Kier molecular flexibility index (Phi) is 6.78. The fraction of sp³-hybridized carbons (Fsp3) is 0.222. The number of carbonyl (C=O) groups excluding carboxylic acids is 2. The number of rotatable bonds is 7. The Bertz CT molecular complexity index is 692. The first-order valence-corrected chi connectivity index (χ1v) is 7.97. The molecule has 0 aliphatic heterocycles. The molecule has 0 aliphatic carbocycles. The van der Waals surface area contributed by atoms with Crippen molar-refractivity contribution in [3.05, 3.63) is 70.7 Å². The molecule has 2 aromatic carbocycles. The van der Waals surface area contributed by atoms with Gasteiger partial charge in [-0.1, -0.05) is 48.0 Å². The van der Waals surface area contributed by atoms with Crippen LogP contribution in [0.2, 0.25) is 5.02 Å². The van der Waals surface area contributed by atoms with Gasteiger partial charge in [0.2, 0.25) is 5.91 Å². The highest BCUT2D eigenvalue weighted by atomic mass is 35.5. The van der Waals surface area contributed by atoms with Crippen molar-refractivity contribution in [1.82, 2.24) is 10.6 Å². The second kappa shape index (κ2) is 9.05. The summed E-state index contributed by atoms with van der Waals surface area (Å²) in [7, 11) is 0. The molecule has 1 unspecified atom stereocenters. The van der Waals surface area contributed by atoms with Crippen LogP contribution >= 0.6 is 11.6 Å². The van der Waals surface area contributed by atoms with Crippen molar-refractivity contribution >= 4 is 23.4 Å². The zero-order valence-electron chi connectivity index (χ0n) is 13.0. The van der Waals surface area contributed by atoms with E-state index in [2.05, 4.69) is 10.6 Å². The van der Waals surface area contributed by atoms with Gasteiger partial charge in [0.25, 0.3) is 5.91 Å². The number of benzene rings is 2. The summed E-state index contributed by atoms with van der Waals surface area (Å²) in [5.74, 6) is -0.696. The Labute approximate surface area is 145 Å². The summed E-state index contributed by atoms with van der Waals surface area (Å²) in [5.41, 5.74) is 1.30. The third kappa shape index (κ3) is 5.37. The molecule has 1 atom stereocenters. The van der Waals surface area contributed by atoms with Crippen LogP contribution in [0.1, 0.15) is 28.4 Å². The fourth-order valence-corrected chi connectivity index (χ4v) is 2.46. The molecule has 2 rings (SSSR count). The van der Waals surface area contributed by atoms with E-state index in [0.717, 1.165) is 5.56 Å². The van der Waals surface area contributed by atoms with Crippen molar-refractivity contribution in [3.8, 4) is 0 Å². The highest BCUT2D eigenvalue weighted by Crippen LogP contribution is 2.15. The minimum absolute atomic E-state index is 0.0469. The lowest BCUT2D eigenvalue weighted by molar-refractivity contribution is -0.121. The van der Waals surface area contributed by atoms with Crippen LogP contribution in [0.4, 0.5) is 0 Å². The van der Waals surface area contributed by atoms with Crippen LogP contribution in [0.15, 0.2) is 54.6 Å². The van der Waals surface area contributed by atoms with Crippen LogP contribution in [0.3, 0.4) is 0 Å². The maximum Gasteiger partial charge on any atom is 0.251 e. The van der Waals surface area contributed by atoms with Gasteiger partial charge in [-0.25, -0.2) is 0 Å². The molecule has 24 heavy (non-hydrogen) atoms. The molecule has 0 spiro atoms. The zero-order chi connectivity index (χ0) is 17.4. The summed E-state index contributed by atoms with van der Waals surface area (Å²) in [5, 5.41) is 15.0. The van der Waals surface area contributed by atoms with Crippen molar-refractivity contribution in [3.63, 3.8) is 0 Å². The number of amides is 2. The Morgan fingerprint density at radius 1 is 1.08 bits per heavy atom. The maximum atomic E-state index is 12.1. The molecule has 0 fully saturated rings. The zero-order valence-corrected chi connectivity index (χ0v) is 13.8. The van der Waals surface area contributed by atoms with Crippen molar-refractivity contribution in [1.29, 1.82) is 0 Å². The number of carbonyl (C=O) groups is 2. The molecule has 2 amide bonds. The van der Waals surface area contributed by atoms with Crippen LogP contribution in [0.25, 0.3) is 0 Å². The molecule has 6 heteroatoms. The minimum Gasteiger partial charge on any atom is -0.396 e. The lowest BCUT2D eigenvalue weighted by atomic mass is 10.0. The molecule has 0 aromatic heterocycles. The fourth-order valence-electron chi connectivity index (χ4n) is 2.27. The van der Waals surface area contributed by atoms with E-state index in [1.54, 1.807) is 18.2 Å². The highest BCUT2D eigenvalue weighted by molar-refractivity contribution is 6.30. The number of hydrogen-bond donors (Lipinski definition) is 3. The number of aliphatic hydroxyl groups excluding tert-OH is 1. The van der Waals surface area contributed by atoms with Crippen molar-refractivity contribution in [2.75, 3.05) is 13.2 Å². The summed E-state index contributed by atoms with van der Waals surface area (Å²) in [6.45, 7) is -0.200. The molecule has 0 saturated heterocycles. The normalized spacial score (nSPS) is 11.6. The predicted octanol–water partition coefficient (Wildman–Crippen LogP) is 2.31. The molecule has 2 aromatic rings. The first kappa shape index (κ1) is 18.0. The largest absolute Gasteiger partial charge is 0.396 e. The smallest absolute Gasteiger partial charge is 0.251 e. The van der Waals surface area contributed by atoms with Gasteiger partial charge >= 0.3 is 0 Å². The van der Waals surface area contributed by atoms with Crippen molar-refractivity contribution in [2.45, 2.75) is 12.5 Å². The van der Waals surface area contributed by atoms with Crippen molar-refractivity contribution in [2.24, 2.45) is 0 Å². The Morgan fingerprint density at radius 3 is 2.50 bits per heavy atom. The SMILES string of the molecule is O=C(CNC(=O)c1cccc(Cl)c1)NC(CCO)c1ccccc1. The number of halogens is 1. The molecule has 126 valence electrons. The average Bonchev–Trinajstić information content (AvgIpc) is 2.60. The third-order valence-corrected chi connectivity index (χ3v) is 3.69. The van der Waals surface area contributed by atoms with E-state index in [1.165, 1.54) is 6.07 Å². The van der Waals surface area contributed by atoms with E-state index in [1.807, 2.05) is 30.3 Å². The van der Waals surface area contributed by atoms with Gasteiger partial charge in [0.1, 0.15) is 0 Å². The molecule has 3 N–H and O–H groups in total. The van der Waals surface area contributed by atoms with Gasteiger partial charge in [0.05, 0.1) is 12.6 Å². The van der Waals surface area contributed by atoms with E-state index in [0.29, 0.717) is 17.0 Å². The summed E-state index contributed by atoms with van der Waals surface area (Å²) in [6.07, 6.45) is 0.401. The summed E-state index contributed by atoms with van der Waals surface area (Å²) in [6, 6.07) is 15.6. The molecule has 0 heterocycles. The second-order valence-electron chi connectivity index (χ2n) is 5.24. The van der Waals surface area contributed by atoms with Gasteiger partial charge in [0.15, 0.2) is 0 Å². The Hall–Kier alpha value is -2.37. The molecular formula is C18H19ClN2O3. The Balaban J connectivity index is 1.90. The van der Waals surface area contributed by atoms with Gasteiger partial charge in [-0.15, -0.1) is 0 Å². The first-order valence-electron chi connectivity index (χ1n) is 7.59. The molecule has 0 saturated carbocycles. The van der Waals surface area contributed by atoms with Crippen LogP contribution in [0.5, 0.6) is 0 Å². The van der Waals surface area contributed by atoms with Crippen molar-refractivity contribution < 1.29 is 14.7 Å². The van der Waals surface area contributed by atoms with Gasteiger partial charge in [0, 0.05) is 17.2 Å². The second-order valence-corrected chi connectivity index (χ2v) is 5.67. The third-order valence-electron chi connectivity index (χ3n) is 3.45. The number of hydrogen-bond acceptors (Lipinski definition) is 3. The molecule has 0 radical (unpaired) electrons. The topological polar surface area (TPSA) is 78.4 Å². The van der Waals surface area contributed by atoms with Gasteiger partial charge in [-0.2, -0.15) is 0 Å². The standard InChI is InChI=1S/C18H19ClN2O3/c19-15-8-4-7-14(11-15)18(24)20-12-17(23)21-16(9-10-22)13-5-2-1-3-6-13/h1-8,11,16,22H,9-10,12H2,(H,20,24)(H,21,23). The number of aliphatic hydroxyl groups is 1. The summed E-state index contributed by atoms with van der Waals surface area (Å²) in [4.78, 5) is 24.1. The van der Waals surface area contributed by atoms with Crippen LogP contribution in [-0.2, 0) is 4.79 Å². The minimum atomic E-state index is -0.369. The maximum absolute atomic E-state index is 12.1. The molecule has 5 nitrogen and oxygen atoms in total.